The second-order valence-corrected chi connectivity index (χ2v) is 6.78. The highest BCUT2D eigenvalue weighted by atomic mass is 32.2. The highest BCUT2D eigenvalue weighted by molar-refractivity contribution is 8.18. The number of rotatable bonds is 6. The van der Waals surface area contributed by atoms with Crippen LogP contribution < -0.4 is 4.74 Å². The summed E-state index contributed by atoms with van der Waals surface area (Å²) in [5.74, 6) is -0.580. The van der Waals surface area contributed by atoms with E-state index in [1.165, 1.54) is 17.0 Å². The van der Waals surface area contributed by atoms with Crippen LogP contribution in [0, 0.1) is 0 Å². The van der Waals surface area contributed by atoms with E-state index in [0.717, 1.165) is 22.9 Å². The maximum atomic E-state index is 12.1. The van der Waals surface area contributed by atoms with Gasteiger partial charge in [-0.15, -0.1) is 0 Å². The van der Waals surface area contributed by atoms with Crippen LogP contribution in [0.1, 0.15) is 28.4 Å². The number of carbonyl (C=O) groups excluding carboxylic acids is 2. The summed E-state index contributed by atoms with van der Waals surface area (Å²) in [6.45, 7) is 2.44. The van der Waals surface area contributed by atoms with E-state index >= 15 is 0 Å². The molecule has 1 N–H and O–H groups in total. The predicted molar refractivity (Wildman–Crippen MR) is 103 cm³/mol. The Kier molecular flexibility index (Phi) is 5.61. The van der Waals surface area contributed by atoms with Crippen molar-refractivity contribution in [3.8, 4) is 5.75 Å². The van der Waals surface area contributed by atoms with Crippen molar-refractivity contribution in [2.24, 2.45) is 0 Å². The number of likely N-dealkylation sites (N-methyl/N-ethyl adjacent to an activating group) is 1. The lowest BCUT2D eigenvalue weighted by atomic mass is 10.1. The minimum Gasteiger partial charge on any atom is -0.489 e. The molecule has 0 saturated carbocycles. The normalized spacial score (nSPS) is 15.4. The van der Waals surface area contributed by atoms with Gasteiger partial charge < -0.3 is 9.84 Å². The number of nitrogens with zero attached hydrogens (tertiary/aromatic N) is 1. The molecule has 0 aromatic heterocycles. The summed E-state index contributed by atoms with van der Waals surface area (Å²) in [6.07, 6.45) is 1.69. The molecule has 2 aromatic rings. The molecule has 0 radical (unpaired) electrons. The van der Waals surface area contributed by atoms with Gasteiger partial charge in [0.25, 0.3) is 11.1 Å². The fourth-order valence-corrected chi connectivity index (χ4v) is 3.40. The summed E-state index contributed by atoms with van der Waals surface area (Å²) in [5, 5.41) is 8.64. The van der Waals surface area contributed by atoms with E-state index in [0.29, 0.717) is 23.8 Å². The van der Waals surface area contributed by atoms with Crippen LogP contribution in [0.5, 0.6) is 5.75 Å². The van der Waals surface area contributed by atoms with Crippen molar-refractivity contribution < 1.29 is 24.2 Å². The van der Waals surface area contributed by atoms with Gasteiger partial charge >= 0.3 is 5.97 Å². The van der Waals surface area contributed by atoms with Gasteiger partial charge in [-0.25, -0.2) is 4.79 Å². The van der Waals surface area contributed by atoms with Gasteiger partial charge in [0.05, 0.1) is 10.5 Å². The molecule has 0 unspecified atom stereocenters. The first kappa shape index (κ1) is 18.7. The lowest BCUT2D eigenvalue weighted by molar-refractivity contribution is -0.122. The highest BCUT2D eigenvalue weighted by Gasteiger charge is 2.33. The molecular formula is C20H17NO5S. The van der Waals surface area contributed by atoms with Gasteiger partial charge in [-0.2, -0.15) is 0 Å². The van der Waals surface area contributed by atoms with Crippen molar-refractivity contribution in [3.05, 3.63) is 70.1 Å². The summed E-state index contributed by atoms with van der Waals surface area (Å²) in [6, 6.07) is 13.7. The topological polar surface area (TPSA) is 83.9 Å². The van der Waals surface area contributed by atoms with Crippen molar-refractivity contribution in [1.29, 1.82) is 0 Å². The van der Waals surface area contributed by atoms with Crippen LogP contribution in [-0.4, -0.2) is 33.7 Å². The highest BCUT2D eigenvalue weighted by Crippen LogP contribution is 2.32. The largest absolute Gasteiger partial charge is 0.489 e. The number of carbonyl (C=O) groups is 3. The molecule has 138 valence electrons. The minimum absolute atomic E-state index is 0.232. The second-order valence-electron chi connectivity index (χ2n) is 5.79. The van der Waals surface area contributed by atoms with Gasteiger partial charge in [0.2, 0.25) is 0 Å². The monoisotopic (exact) mass is 383 g/mol. The van der Waals surface area contributed by atoms with Gasteiger partial charge in [-0.05, 0) is 60.2 Å². The number of carboxylic acid groups (broad SMARTS) is 1. The molecule has 1 aliphatic rings. The molecule has 1 aliphatic heterocycles. The molecule has 1 saturated heterocycles. The standard InChI is InChI=1S/C20H17NO5S/c1-2-21-18(22)17(27-20(21)25)11-13-5-9-16(10-6-13)26-12-14-3-7-15(8-4-14)19(23)24/h3-11H,2,12H2,1H3,(H,23,24)/b17-11-. The first-order valence-electron chi connectivity index (χ1n) is 8.28. The number of carboxylic acids is 1. The van der Waals surface area contributed by atoms with Crippen LogP contribution in [-0.2, 0) is 11.4 Å². The van der Waals surface area contributed by atoms with Crippen LogP contribution in [0.25, 0.3) is 6.08 Å². The Morgan fingerprint density at radius 3 is 2.33 bits per heavy atom. The fraction of sp³-hybridized carbons (Fsp3) is 0.150. The number of hydrogen-bond acceptors (Lipinski definition) is 5. The van der Waals surface area contributed by atoms with Crippen molar-refractivity contribution in [1.82, 2.24) is 4.90 Å². The molecule has 3 rings (SSSR count). The Labute approximate surface area is 160 Å². The number of aromatic carboxylic acids is 1. The Morgan fingerprint density at radius 1 is 1.11 bits per heavy atom. The number of amides is 2. The molecule has 27 heavy (non-hydrogen) atoms. The fourth-order valence-electron chi connectivity index (χ4n) is 2.49. The van der Waals surface area contributed by atoms with Gasteiger partial charge in [-0.1, -0.05) is 24.3 Å². The summed E-state index contributed by atoms with van der Waals surface area (Å²) < 4.78 is 5.69. The Morgan fingerprint density at radius 2 is 1.78 bits per heavy atom. The van der Waals surface area contributed by atoms with E-state index in [-0.39, 0.29) is 16.7 Å². The lowest BCUT2D eigenvalue weighted by Gasteiger charge is -2.07. The average molecular weight is 383 g/mol. The molecule has 0 atom stereocenters. The molecule has 1 heterocycles. The van der Waals surface area contributed by atoms with E-state index in [2.05, 4.69) is 0 Å². The third-order valence-corrected chi connectivity index (χ3v) is 4.88. The van der Waals surface area contributed by atoms with E-state index in [4.69, 9.17) is 9.84 Å². The summed E-state index contributed by atoms with van der Waals surface area (Å²) in [7, 11) is 0. The van der Waals surface area contributed by atoms with Crippen LogP contribution in [0.4, 0.5) is 4.79 Å². The zero-order valence-electron chi connectivity index (χ0n) is 14.5. The first-order chi connectivity index (χ1) is 13.0. The quantitative estimate of drug-likeness (QED) is 0.759. The summed E-state index contributed by atoms with van der Waals surface area (Å²) in [5.41, 5.74) is 1.89. The third kappa shape index (κ3) is 4.38. The second kappa shape index (κ2) is 8.09. The van der Waals surface area contributed by atoms with Crippen LogP contribution >= 0.6 is 11.8 Å². The lowest BCUT2D eigenvalue weighted by Crippen LogP contribution is -2.27. The number of hydrogen-bond donors (Lipinski definition) is 1. The van der Waals surface area contributed by atoms with Gasteiger partial charge in [0.1, 0.15) is 12.4 Å². The van der Waals surface area contributed by atoms with E-state index in [1.54, 1.807) is 37.3 Å². The number of imide groups is 1. The minimum atomic E-state index is -0.963. The smallest absolute Gasteiger partial charge is 0.335 e. The van der Waals surface area contributed by atoms with E-state index < -0.39 is 5.97 Å². The van der Waals surface area contributed by atoms with Gasteiger partial charge in [0.15, 0.2) is 0 Å². The van der Waals surface area contributed by atoms with Crippen molar-refractivity contribution in [3.63, 3.8) is 0 Å². The maximum Gasteiger partial charge on any atom is 0.335 e. The summed E-state index contributed by atoms with van der Waals surface area (Å²) >= 11 is 0.942. The molecule has 2 aromatic carbocycles. The molecule has 0 spiro atoms. The van der Waals surface area contributed by atoms with E-state index in [9.17, 15) is 14.4 Å². The first-order valence-corrected chi connectivity index (χ1v) is 9.10. The average Bonchev–Trinajstić information content (AvgIpc) is 2.94. The number of benzene rings is 2. The predicted octanol–water partition coefficient (Wildman–Crippen LogP) is 4.02. The third-order valence-electron chi connectivity index (χ3n) is 3.97. The Bertz CT molecular complexity index is 903. The molecule has 2 amide bonds. The maximum absolute atomic E-state index is 12.1. The molecule has 1 fully saturated rings. The molecule has 0 bridgehead atoms. The number of thioether (sulfide) groups is 1. The van der Waals surface area contributed by atoms with Crippen molar-refractivity contribution >= 4 is 35.0 Å². The van der Waals surface area contributed by atoms with Crippen LogP contribution in [0.15, 0.2) is 53.4 Å². The van der Waals surface area contributed by atoms with Gasteiger partial charge in [0, 0.05) is 6.54 Å². The zero-order valence-corrected chi connectivity index (χ0v) is 15.4. The zero-order chi connectivity index (χ0) is 19.4. The van der Waals surface area contributed by atoms with E-state index in [1.807, 2.05) is 12.1 Å². The van der Waals surface area contributed by atoms with Crippen LogP contribution in [0.2, 0.25) is 0 Å². The van der Waals surface area contributed by atoms with Crippen molar-refractivity contribution in [2.45, 2.75) is 13.5 Å². The number of ether oxygens (including phenoxy) is 1. The molecule has 6 nitrogen and oxygen atoms in total. The Hall–Kier alpha value is -3.06. The van der Waals surface area contributed by atoms with Gasteiger partial charge in [-0.3, -0.25) is 14.5 Å². The molecular weight excluding hydrogens is 366 g/mol. The van der Waals surface area contributed by atoms with Crippen molar-refractivity contribution in [2.75, 3.05) is 6.54 Å². The summed E-state index contributed by atoms with van der Waals surface area (Å²) in [4.78, 5) is 36.3. The Balaban J connectivity index is 1.62. The van der Waals surface area contributed by atoms with Crippen LogP contribution in [0.3, 0.4) is 0 Å². The molecule has 7 heteroatoms. The SMILES string of the molecule is CCN1C(=O)S/C(=C\c2ccc(OCc3ccc(C(=O)O)cc3)cc2)C1=O. The molecule has 0 aliphatic carbocycles.